The molecule has 0 unspecified atom stereocenters. The molecule has 0 aromatic carbocycles. The lowest BCUT2D eigenvalue weighted by Crippen LogP contribution is -1.95. The van der Waals surface area contributed by atoms with Crippen molar-refractivity contribution >= 4 is 30.2 Å². The summed E-state index contributed by atoms with van der Waals surface area (Å²) in [6.45, 7) is 6.59. The van der Waals surface area contributed by atoms with Gasteiger partial charge in [-0.2, -0.15) is 0 Å². The lowest BCUT2D eigenvalue weighted by Gasteiger charge is -2.16. The van der Waals surface area contributed by atoms with Gasteiger partial charge in [-0.25, -0.2) is 0 Å². The van der Waals surface area contributed by atoms with Crippen LogP contribution < -0.4 is 0 Å². The molecule has 90 valence electrons. The highest BCUT2D eigenvalue weighted by Crippen LogP contribution is 2.59. The molecule has 0 aromatic heterocycles. The van der Waals surface area contributed by atoms with Gasteiger partial charge in [-0.3, -0.25) is 4.57 Å². The summed E-state index contributed by atoms with van der Waals surface area (Å²) in [6.07, 6.45) is 5.12. The van der Waals surface area contributed by atoms with E-state index in [-0.39, 0.29) is 0 Å². The number of rotatable bonds is 8. The maximum atomic E-state index is 12.2. The van der Waals surface area contributed by atoms with Crippen molar-refractivity contribution in [2.45, 2.75) is 40.0 Å². The van der Waals surface area contributed by atoms with E-state index in [2.05, 4.69) is 29.5 Å². The molecular weight excluding hydrogens is 326 g/mol. The molecule has 0 atom stereocenters. The first kappa shape index (κ1) is 15.6. The Bertz CT molecular complexity index is 231. The molecule has 0 radical (unpaired) electrons. The molecular formula is C10H20IO3P. The molecule has 0 heterocycles. The molecule has 0 fully saturated rings. The van der Waals surface area contributed by atoms with Crippen molar-refractivity contribution in [1.29, 1.82) is 0 Å². The largest absolute Gasteiger partial charge is 0.367 e. The van der Waals surface area contributed by atoms with Crippen LogP contribution in [0.1, 0.15) is 40.0 Å². The highest BCUT2D eigenvalue weighted by atomic mass is 127. The predicted octanol–water partition coefficient (Wildman–Crippen LogP) is 4.72. The molecule has 0 aliphatic heterocycles. The van der Waals surface area contributed by atoms with E-state index < -0.39 is 7.60 Å². The van der Waals surface area contributed by atoms with Crippen LogP contribution >= 0.6 is 30.2 Å². The summed E-state index contributed by atoms with van der Waals surface area (Å²) in [4.78, 5) is 0. The summed E-state index contributed by atoms with van der Waals surface area (Å²) in [5.41, 5.74) is 0. The maximum absolute atomic E-state index is 12.2. The summed E-state index contributed by atoms with van der Waals surface area (Å²) in [5.74, 6) is 0. The molecule has 0 bridgehead atoms. The lowest BCUT2D eigenvalue weighted by atomic mass is 10.2. The average molecular weight is 346 g/mol. The van der Waals surface area contributed by atoms with Crippen LogP contribution in [-0.4, -0.2) is 13.2 Å². The summed E-state index contributed by atoms with van der Waals surface area (Å²) in [7, 11) is -3.00. The van der Waals surface area contributed by atoms with Crippen molar-refractivity contribution in [3.05, 3.63) is 9.40 Å². The monoisotopic (exact) mass is 346 g/mol. The third-order valence-corrected chi connectivity index (χ3v) is 5.85. The SMILES string of the molecule is CCCC/C=C(/I)P(=O)(OCC)OCC. The molecule has 0 spiro atoms. The topological polar surface area (TPSA) is 35.5 Å². The number of hydrogen-bond donors (Lipinski definition) is 0. The minimum atomic E-state index is -3.00. The van der Waals surface area contributed by atoms with Gasteiger partial charge in [-0.05, 0) is 42.9 Å². The Morgan fingerprint density at radius 2 is 1.80 bits per heavy atom. The quantitative estimate of drug-likeness (QED) is 0.362. The van der Waals surface area contributed by atoms with E-state index in [1.165, 1.54) is 0 Å². The van der Waals surface area contributed by atoms with E-state index in [9.17, 15) is 4.57 Å². The molecule has 0 aromatic rings. The minimum absolute atomic E-state index is 0.408. The van der Waals surface area contributed by atoms with Crippen molar-refractivity contribution in [2.24, 2.45) is 0 Å². The van der Waals surface area contributed by atoms with Gasteiger partial charge in [-0.1, -0.05) is 25.8 Å². The Labute approximate surface area is 106 Å². The molecule has 0 aliphatic rings. The Hall–Kier alpha value is 0.620. The molecule has 0 amide bonds. The van der Waals surface area contributed by atoms with Crippen molar-refractivity contribution in [3.8, 4) is 0 Å². The third kappa shape index (κ3) is 6.05. The van der Waals surface area contributed by atoms with Crippen LogP contribution in [-0.2, 0) is 13.6 Å². The Kier molecular flexibility index (Phi) is 9.10. The van der Waals surface area contributed by atoms with E-state index in [4.69, 9.17) is 9.05 Å². The van der Waals surface area contributed by atoms with Crippen LogP contribution in [0.15, 0.2) is 9.40 Å². The summed E-state index contributed by atoms with van der Waals surface area (Å²) in [5, 5.41) is 0. The minimum Gasteiger partial charge on any atom is -0.305 e. The van der Waals surface area contributed by atoms with E-state index in [1.54, 1.807) is 0 Å². The van der Waals surface area contributed by atoms with E-state index in [0.29, 0.717) is 16.5 Å². The zero-order valence-corrected chi connectivity index (χ0v) is 12.7. The van der Waals surface area contributed by atoms with Gasteiger partial charge in [-0.15, -0.1) is 0 Å². The van der Waals surface area contributed by atoms with Gasteiger partial charge in [0.15, 0.2) is 0 Å². The summed E-state index contributed by atoms with van der Waals surface area (Å²) in [6, 6.07) is 0. The van der Waals surface area contributed by atoms with Crippen LogP contribution in [0.2, 0.25) is 0 Å². The van der Waals surface area contributed by atoms with Crippen LogP contribution in [0.4, 0.5) is 0 Å². The maximum Gasteiger partial charge on any atom is 0.367 e. The second-order valence-electron chi connectivity index (χ2n) is 3.00. The van der Waals surface area contributed by atoms with Crippen LogP contribution in [0.25, 0.3) is 0 Å². The molecule has 0 rings (SSSR count). The van der Waals surface area contributed by atoms with Crippen molar-refractivity contribution < 1.29 is 13.6 Å². The fourth-order valence-corrected chi connectivity index (χ4v) is 3.54. The summed E-state index contributed by atoms with van der Waals surface area (Å²) < 4.78 is 23.3. The Morgan fingerprint density at radius 3 is 2.20 bits per heavy atom. The lowest BCUT2D eigenvalue weighted by molar-refractivity contribution is 0.228. The molecule has 0 aliphatic carbocycles. The van der Waals surface area contributed by atoms with Gasteiger partial charge in [0.05, 0.1) is 16.5 Å². The predicted molar refractivity (Wildman–Crippen MR) is 72.5 cm³/mol. The molecule has 3 nitrogen and oxygen atoms in total. The fraction of sp³-hybridized carbons (Fsp3) is 0.800. The van der Waals surface area contributed by atoms with E-state index in [1.807, 2.05) is 19.9 Å². The van der Waals surface area contributed by atoms with Crippen molar-refractivity contribution in [3.63, 3.8) is 0 Å². The molecule has 0 saturated heterocycles. The second kappa shape index (κ2) is 8.74. The number of halogens is 1. The third-order valence-electron chi connectivity index (χ3n) is 1.73. The van der Waals surface area contributed by atoms with Crippen molar-refractivity contribution in [2.75, 3.05) is 13.2 Å². The highest BCUT2D eigenvalue weighted by molar-refractivity contribution is 14.1. The average Bonchev–Trinajstić information content (AvgIpc) is 2.18. The van der Waals surface area contributed by atoms with E-state index in [0.717, 1.165) is 19.3 Å². The highest BCUT2D eigenvalue weighted by Gasteiger charge is 2.27. The zero-order valence-electron chi connectivity index (χ0n) is 9.66. The van der Waals surface area contributed by atoms with Gasteiger partial charge >= 0.3 is 7.60 Å². The first-order valence-corrected chi connectivity index (χ1v) is 7.98. The molecule has 0 saturated carbocycles. The van der Waals surface area contributed by atoms with Gasteiger partial charge in [0, 0.05) is 0 Å². The van der Waals surface area contributed by atoms with Gasteiger partial charge in [0.1, 0.15) is 0 Å². The van der Waals surface area contributed by atoms with Crippen LogP contribution in [0.3, 0.4) is 0 Å². The first-order valence-electron chi connectivity index (χ1n) is 5.36. The Morgan fingerprint density at radius 1 is 1.27 bits per heavy atom. The molecule has 15 heavy (non-hydrogen) atoms. The van der Waals surface area contributed by atoms with Gasteiger partial charge in [0.2, 0.25) is 0 Å². The Balaban J connectivity index is 4.46. The van der Waals surface area contributed by atoms with Gasteiger partial charge < -0.3 is 9.05 Å². The fourth-order valence-electron chi connectivity index (χ4n) is 1.04. The van der Waals surface area contributed by atoms with Gasteiger partial charge in [0.25, 0.3) is 0 Å². The number of unbranched alkanes of at least 4 members (excludes halogenated alkanes) is 2. The summed E-state index contributed by atoms with van der Waals surface area (Å²) >= 11 is 2.05. The standard InChI is InChI=1S/C10H20IO3P/c1-4-7-8-9-10(11)15(12,13-5-2)14-6-3/h9H,4-8H2,1-3H3/b10-9-. The first-order chi connectivity index (χ1) is 7.10. The normalized spacial score (nSPS) is 13.2. The number of hydrogen-bond acceptors (Lipinski definition) is 3. The van der Waals surface area contributed by atoms with Crippen LogP contribution in [0.5, 0.6) is 0 Å². The van der Waals surface area contributed by atoms with E-state index >= 15 is 0 Å². The zero-order chi connectivity index (χ0) is 11.7. The smallest absolute Gasteiger partial charge is 0.305 e. The van der Waals surface area contributed by atoms with Crippen molar-refractivity contribution in [1.82, 2.24) is 0 Å². The number of allylic oxidation sites excluding steroid dienone is 1. The second-order valence-corrected chi connectivity index (χ2v) is 7.01. The molecule has 5 heteroatoms. The molecule has 0 N–H and O–H groups in total. The van der Waals surface area contributed by atoms with Crippen LogP contribution in [0, 0.1) is 0 Å².